The van der Waals surface area contributed by atoms with E-state index in [1.807, 2.05) is 0 Å². The first-order valence-corrected chi connectivity index (χ1v) is 17.8. The zero-order valence-corrected chi connectivity index (χ0v) is 28.1. The molecule has 1 heteroatoms. The second-order valence-electron chi connectivity index (χ2n) is 13.7. The van der Waals surface area contributed by atoms with Crippen LogP contribution in [0.2, 0.25) is 0 Å². The topological polar surface area (TPSA) is 12.0 Å². The van der Waals surface area contributed by atoms with Gasteiger partial charge in [-0.05, 0) is 91.0 Å². The maximum atomic E-state index is 3.87. The highest BCUT2D eigenvalue weighted by Crippen LogP contribution is 2.58. The molecule has 8 aromatic rings. The molecule has 0 saturated carbocycles. The molecule has 8 aromatic carbocycles. The Morgan fingerprint density at radius 3 is 1.12 bits per heavy atom. The highest BCUT2D eigenvalue weighted by atomic mass is 14.9. The first-order valence-electron chi connectivity index (χ1n) is 17.8. The summed E-state index contributed by atoms with van der Waals surface area (Å²) >= 11 is 0. The van der Waals surface area contributed by atoms with Gasteiger partial charge in [0.1, 0.15) is 0 Å². The first kappa shape index (κ1) is 29.5. The van der Waals surface area contributed by atoms with Crippen molar-refractivity contribution in [1.29, 1.82) is 0 Å². The SMILES string of the molecule is c1ccc(C2(c3ccccc3)c3ccccc3-c3cc(Nc4ccc5c(c4)C(c4ccccc4)(c4ccccc4)c4ccccc4-5)ccc32)cc1. The van der Waals surface area contributed by atoms with Crippen molar-refractivity contribution >= 4 is 11.4 Å². The fourth-order valence-corrected chi connectivity index (χ4v) is 9.22. The third kappa shape index (κ3) is 4.22. The molecule has 1 nitrogen and oxygen atoms in total. The Balaban J connectivity index is 1.14. The molecule has 0 radical (unpaired) electrons. The number of benzene rings is 8. The normalized spacial score (nSPS) is 14.2. The minimum absolute atomic E-state index is 0.405. The number of hydrogen-bond acceptors (Lipinski definition) is 1. The number of anilines is 2. The molecule has 1 N–H and O–H groups in total. The maximum Gasteiger partial charge on any atom is 0.0714 e. The van der Waals surface area contributed by atoms with Crippen LogP contribution in [-0.2, 0) is 10.8 Å². The Kier molecular flexibility index (Phi) is 6.69. The van der Waals surface area contributed by atoms with E-state index in [-0.39, 0.29) is 0 Å². The van der Waals surface area contributed by atoms with Gasteiger partial charge < -0.3 is 5.32 Å². The van der Waals surface area contributed by atoms with E-state index in [4.69, 9.17) is 0 Å². The van der Waals surface area contributed by atoms with Crippen molar-refractivity contribution < 1.29 is 0 Å². The van der Waals surface area contributed by atoms with Gasteiger partial charge >= 0.3 is 0 Å². The van der Waals surface area contributed by atoms with Crippen molar-refractivity contribution in [3.63, 3.8) is 0 Å². The van der Waals surface area contributed by atoms with E-state index in [0.29, 0.717) is 0 Å². The van der Waals surface area contributed by atoms with Gasteiger partial charge in [0.25, 0.3) is 0 Å². The van der Waals surface area contributed by atoms with Crippen molar-refractivity contribution in [3.8, 4) is 22.3 Å². The number of hydrogen-bond donors (Lipinski definition) is 1. The zero-order valence-electron chi connectivity index (χ0n) is 28.1. The molecule has 0 bridgehead atoms. The van der Waals surface area contributed by atoms with Crippen molar-refractivity contribution in [3.05, 3.63) is 251 Å². The maximum absolute atomic E-state index is 3.87. The van der Waals surface area contributed by atoms with Gasteiger partial charge in [-0.25, -0.2) is 0 Å². The summed E-state index contributed by atoms with van der Waals surface area (Å²) in [5.74, 6) is 0. The van der Waals surface area contributed by atoms with Gasteiger partial charge in [0, 0.05) is 11.4 Å². The quantitative estimate of drug-likeness (QED) is 0.189. The summed E-state index contributed by atoms with van der Waals surface area (Å²) in [7, 11) is 0. The van der Waals surface area contributed by atoms with E-state index >= 15 is 0 Å². The molecule has 0 unspecified atom stereocenters. The van der Waals surface area contributed by atoms with Gasteiger partial charge in [-0.2, -0.15) is 0 Å². The van der Waals surface area contributed by atoms with Crippen LogP contribution in [0.1, 0.15) is 44.5 Å². The predicted molar refractivity (Wildman–Crippen MR) is 211 cm³/mol. The molecule has 0 spiro atoms. The van der Waals surface area contributed by atoms with Gasteiger partial charge in [0.2, 0.25) is 0 Å². The summed E-state index contributed by atoms with van der Waals surface area (Å²) in [6.07, 6.45) is 0. The molecule has 10 rings (SSSR count). The van der Waals surface area contributed by atoms with Gasteiger partial charge in [-0.3, -0.25) is 0 Å². The van der Waals surface area contributed by atoms with E-state index in [1.165, 1.54) is 66.8 Å². The summed E-state index contributed by atoms with van der Waals surface area (Å²) in [6, 6.07) is 75.7. The van der Waals surface area contributed by atoms with Crippen LogP contribution in [0, 0.1) is 0 Å². The van der Waals surface area contributed by atoms with Gasteiger partial charge in [0.15, 0.2) is 0 Å². The van der Waals surface area contributed by atoms with Gasteiger partial charge in [-0.1, -0.05) is 182 Å². The van der Waals surface area contributed by atoms with Crippen LogP contribution in [0.15, 0.2) is 206 Å². The largest absolute Gasteiger partial charge is 0.355 e. The first-order chi connectivity index (χ1) is 25.3. The van der Waals surface area contributed by atoms with Crippen LogP contribution in [0.25, 0.3) is 22.3 Å². The van der Waals surface area contributed by atoms with Crippen LogP contribution in [0.5, 0.6) is 0 Å². The highest BCUT2D eigenvalue weighted by molar-refractivity contribution is 5.90. The standard InChI is InChI=1S/C50H35N/c1-5-17-35(18-6-1)49(36-19-7-2-8-20-36)46-28-16-14-26-42(46)44-33-39(30-32-47(44)49)51-40-29-31-43-41-25-13-15-27-45(41)50(48(43)34-40,37-21-9-3-10-22-37)38-23-11-4-12-24-38/h1-34,51H. The lowest BCUT2D eigenvalue weighted by molar-refractivity contribution is 0.768. The number of nitrogens with one attached hydrogen (secondary N) is 1. The van der Waals surface area contributed by atoms with Crippen LogP contribution in [0.3, 0.4) is 0 Å². The number of rotatable bonds is 6. The Morgan fingerprint density at radius 1 is 0.255 bits per heavy atom. The van der Waals surface area contributed by atoms with Crippen molar-refractivity contribution in [2.75, 3.05) is 5.32 Å². The van der Waals surface area contributed by atoms with Crippen molar-refractivity contribution in [1.82, 2.24) is 0 Å². The van der Waals surface area contributed by atoms with Crippen LogP contribution >= 0.6 is 0 Å². The molecule has 0 amide bonds. The van der Waals surface area contributed by atoms with Crippen LogP contribution in [-0.4, -0.2) is 0 Å². The van der Waals surface area contributed by atoms with Gasteiger partial charge in [0.05, 0.1) is 10.8 Å². The fraction of sp³-hybridized carbons (Fsp3) is 0.0400. The second kappa shape index (κ2) is 11.6. The average molecular weight is 650 g/mol. The van der Waals surface area contributed by atoms with E-state index < -0.39 is 10.8 Å². The monoisotopic (exact) mass is 649 g/mol. The van der Waals surface area contributed by atoms with Gasteiger partial charge in [-0.15, -0.1) is 0 Å². The third-order valence-corrected chi connectivity index (χ3v) is 11.2. The smallest absolute Gasteiger partial charge is 0.0714 e. The van der Waals surface area contributed by atoms with Crippen LogP contribution < -0.4 is 5.32 Å². The molecule has 0 fully saturated rings. The minimum Gasteiger partial charge on any atom is -0.355 e. The lowest BCUT2D eigenvalue weighted by atomic mass is 9.67. The Morgan fingerprint density at radius 2 is 0.608 bits per heavy atom. The van der Waals surface area contributed by atoms with Crippen LogP contribution in [0.4, 0.5) is 11.4 Å². The summed E-state index contributed by atoms with van der Waals surface area (Å²) in [5.41, 5.74) is 16.8. The summed E-state index contributed by atoms with van der Waals surface area (Å²) in [6.45, 7) is 0. The molecular weight excluding hydrogens is 615 g/mol. The molecule has 2 aliphatic rings. The van der Waals surface area contributed by atoms with E-state index in [0.717, 1.165) is 11.4 Å². The molecule has 240 valence electrons. The Hall–Kier alpha value is -6.44. The van der Waals surface area contributed by atoms with E-state index in [1.54, 1.807) is 0 Å². The third-order valence-electron chi connectivity index (χ3n) is 11.2. The summed E-state index contributed by atoms with van der Waals surface area (Å²) in [4.78, 5) is 0. The molecule has 2 aliphatic carbocycles. The molecule has 0 heterocycles. The molecule has 0 atom stereocenters. The number of fused-ring (bicyclic) bond motifs is 6. The minimum atomic E-state index is -0.437. The predicted octanol–water partition coefficient (Wildman–Crippen LogP) is 12.2. The lowest BCUT2D eigenvalue weighted by Crippen LogP contribution is -2.28. The average Bonchev–Trinajstić information content (AvgIpc) is 3.67. The lowest BCUT2D eigenvalue weighted by Gasteiger charge is -2.34. The fourth-order valence-electron chi connectivity index (χ4n) is 9.22. The molecule has 0 saturated heterocycles. The Bertz CT molecular complexity index is 2460. The molecular formula is C50H35N. The summed E-state index contributed by atoms with van der Waals surface area (Å²) < 4.78 is 0. The molecule has 0 aromatic heterocycles. The molecule has 51 heavy (non-hydrogen) atoms. The Labute approximate surface area is 299 Å². The van der Waals surface area contributed by atoms with Crippen molar-refractivity contribution in [2.45, 2.75) is 10.8 Å². The zero-order chi connectivity index (χ0) is 33.8. The summed E-state index contributed by atoms with van der Waals surface area (Å²) in [5, 5.41) is 3.87. The second-order valence-corrected chi connectivity index (χ2v) is 13.7. The van der Waals surface area contributed by atoms with Crippen molar-refractivity contribution in [2.24, 2.45) is 0 Å². The highest BCUT2D eigenvalue weighted by Gasteiger charge is 2.47. The van der Waals surface area contributed by atoms with E-state index in [2.05, 4.69) is 212 Å². The van der Waals surface area contributed by atoms with E-state index in [9.17, 15) is 0 Å². The molecule has 0 aliphatic heterocycles.